The zero-order chi connectivity index (χ0) is 26.2. The van der Waals surface area contributed by atoms with E-state index in [0.29, 0.717) is 46.4 Å². The van der Waals surface area contributed by atoms with Crippen molar-refractivity contribution in [3.8, 4) is 22.8 Å². The van der Waals surface area contributed by atoms with Gasteiger partial charge in [-0.25, -0.2) is 15.0 Å². The molecule has 0 spiro atoms. The van der Waals surface area contributed by atoms with Crippen molar-refractivity contribution in [1.82, 2.24) is 30.0 Å². The normalized spacial score (nSPS) is 11.0. The summed E-state index contributed by atoms with van der Waals surface area (Å²) in [5.41, 5.74) is 3.22. The van der Waals surface area contributed by atoms with E-state index in [1.165, 1.54) is 6.34 Å². The molecule has 3 heterocycles. The fourth-order valence-corrected chi connectivity index (χ4v) is 3.47. The molecule has 0 saturated carbocycles. The van der Waals surface area contributed by atoms with Crippen LogP contribution in [0.4, 0.5) is 11.5 Å². The van der Waals surface area contributed by atoms with E-state index in [2.05, 4.69) is 30.6 Å². The minimum atomic E-state index is 0.0467. The number of aromatic nitrogens is 5. The highest BCUT2D eigenvalue weighted by Crippen LogP contribution is 2.32. The Morgan fingerprint density at radius 1 is 1.16 bits per heavy atom. The number of aliphatic imine (C=N–C) groups is 1. The molecule has 0 aliphatic heterocycles. The minimum Gasteiger partial charge on any atom is -0.497 e. The van der Waals surface area contributed by atoms with Crippen LogP contribution in [0.25, 0.3) is 22.4 Å². The van der Waals surface area contributed by atoms with Gasteiger partial charge in [0.15, 0.2) is 5.65 Å². The quantitative estimate of drug-likeness (QED) is 0.136. The summed E-state index contributed by atoms with van der Waals surface area (Å²) in [6.07, 6.45) is 6.63. The van der Waals surface area contributed by atoms with Gasteiger partial charge < -0.3 is 19.7 Å². The maximum atomic E-state index is 10.2. The first-order valence-electron chi connectivity index (χ1n) is 11.3. The van der Waals surface area contributed by atoms with Gasteiger partial charge in [0.1, 0.15) is 28.7 Å². The number of methoxy groups -OCH3 is 2. The lowest BCUT2D eigenvalue weighted by molar-refractivity contribution is 0.394. The molecule has 37 heavy (non-hydrogen) atoms. The van der Waals surface area contributed by atoms with Gasteiger partial charge in [0.2, 0.25) is 0 Å². The predicted molar refractivity (Wildman–Crippen MR) is 141 cm³/mol. The highest BCUT2D eigenvalue weighted by atomic mass is 16.5. The summed E-state index contributed by atoms with van der Waals surface area (Å²) in [6, 6.07) is 9.02. The highest BCUT2D eigenvalue weighted by molar-refractivity contribution is 5.92. The van der Waals surface area contributed by atoms with E-state index < -0.39 is 0 Å². The lowest BCUT2D eigenvalue weighted by Gasteiger charge is -2.24. The summed E-state index contributed by atoms with van der Waals surface area (Å²) in [4.78, 5) is 30.1. The van der Waals surface area contributed by atoms with E-state index in [9.17, 15) is 4.91 Å². The number of aryl methyl sites for hydroxylation is 1. The van der Waals surface area contributed by atoms with E-state index in [4.69, 9.17) is 19.9 Å². The molecule has 0 radical (unpaired) electrons. The molecule has 4 aromatic rings. The Labute approximate surface area is 212 Å². The number of rotatable bonds is 11. The zero-order valence-electron chi connectivity index (χ0n) is 20.6. The summed E-state index contributed by atoms with van der Waals surface area (Å²) in [7, 11) is 4.97. The van der Waals surface area contributed by atoms with Gasteiger partial charge >= 0.3 is 0 Å². The van der Waals surface area contributed by atoms with Crippen molar-refractivity contribution in [2.45, 2.75) is 0 Å². The molecule has 0 unspecified atom stereocenters. The largest absolute Gasteiger partial charge is 0.497 e. The Morgan fingerprint density at radius 2 is 1.95 bits per heavy atom. The van der Waals surface area contributed by atoms with Crippen molar-refractivity contribution in [2.75, 3.05) is 38.8 Å². The lowest BCUT2D eigenvalue weighted by Crippen LogP contribution is -2.26. The van der Waals surface area contributed by atoms with E-state index in [0.717, 1.165) is 5.56 Å². The van der Waals surface area contributed by atoms with E-state index in [-0.39, 0.29) is 18.9 Å². The first-order chi connectivity index (χ1) is 18.0. The molecule has 13 nitrogen and oxygen atoms in total. The number of nitrogens with zero attached hydrogens (tertiary/aromatic N) is 8. The first-order valence-corrected chi connectivity index (χ1v) is 11.3. The van der Waals surface area contributed by atoms with Crippen LogP contribution < -0.4 is 19.7 Å². The average Bonchev–Trinajstić information content (AvgIpc) is 3.36. The Morgan fingerprint density at radius 3 is 2.62 bits per heavy atom. The van der Waals surface area contributed by atoms with Crippen LogP contribution in [0.5, 0.6) is 11.5 Å². The SMILES string of the molecule is COc1cc(OC)cc(N(CC(=N)/N=C\NCCN=O)c2ccc3ncc(-c4cnn(C)c4)nc3n2)c1. The third-order valence-electron chi connectivity index (χ3n) is 5.28. The second kappa shape index (κ2) is 11.7. The smallest absolute Gasteiger partial charge is 0.180 e. The number of benzene rings is 1. The summed E-state index contributed by atoms with van der Waals surface area (Å²) < 4.78 is 12.6. The number of hydrogen-bond donors (Lipinski definition) is 2. The van der Waals surface area contributed by atoms with Crippen LogP contribution in [0.3, 0.4) is 0 Å². The van der Waals surface area contributed by atoms with Gasteiger partial charge in [-0.1, -0.05) is 5.18 Å². The third kappa shape index (κ3) is 6.20. The monoisotopic (exact) mass is 502 g/mol. The number of anilines is 2. The molecule has 2 N–H and O–H groups in total. The molecule has 0 aliphatic carbocycles. The van der Waals surface area contributed by atoms with Crippen molar-refractivity contribution >= 4 is 34.8 Å². The molecular weight excluding hydrogens is 476 g/mol. The van der Waals surface area contributed by atoms with Crippen molar-refractivity contribution in [1.29, 1.82) is 5.41 Å². The number of nitrogens with one attached hydrogen (secondary N) is 2. The molecule has 1 aromatic carbocycles. The minimum absolute atomic E-state index is 0.0467. The number of hydrogen-bond acceptors (Lipinski definition) is 10. The van der Waals surface area contributed by atoms with Crippen LogP contribution in [-0.2, 0) is 7.05 Å². The summed E-state index contributed by atoms with van der Waals surface area (Å²) in [5.74, 6) is 1.73. The Balaban J connectivity index is 1.72. The first kappa shape index (κ1) is 25.2. The van der Waals surface area contributed by atoms with Crippen LogP contribution in [0, 0.1) is 10.3 Å². The molecule has 0 bridgehead atoms. The van der Waals surface area contributed by atoms with Gasteiger partial charge in [0.25, 0.3) is 0 Å². The number of pyridine rings is 1. The second-order valence-corrected chi connectivity index (χ2v) is 7.84. The van der Waals surface area contributed by atoms with Crippen LogP contribution in [0.1, 0.15) is 0 Å². The molecule has 3 aromatic heterocycles. The van der Waals surface area contributed by atoms with Gasteiger partial charge in [-0.3, -0.25) is 15.1 Å². The second-order valence-electron chi connectivity index (χ2n) is 7.84. The molecular formula is C24H26N10O3. The standard InChI is InChI=1S/C24H26N10O3/c1-33-13-16(11-29-33)21-12-27-20-4-5-23(32-24(20)31-21)34(14-22(25)28-15-26-6-7-30-35)17-8-18(36-2)10-19(9-17)37-3/h4-5,8-13,15H,6-7,14H2,1-3H3,(H2,25,26,28). The maximum Gasteiger partial charge on any atom is 0.180 e. The fraction of sp³-hybridized carbons (Fsp3) is 0.250. The topological polar surface area (TPSA) is 156 Å². The highest BCUT2D eigenvalue weighted by Gasteiger charge is 2.17. The average molecular weight is 503 g/mol. The lowest BCUT2D eigenvalue weighted by atomic mass is 10.2. The molecule has 0 saturated heterocycles. The summed E-state index contributed by atoms with van der Waals surface area (Å²) >= 11 is 0. The predicted octanol–water partition coefficient (Wildman–Crippen LogP) is 2.94. The van der Waals surface area contributed by atoms with Crippen LogP contribution >= 0.6 is 0 Å². The summed E-state index contributed by atoms with van der Waals surface area (Å²) in [6.45, 7) is 0.522. The Hall–Kier alpha value is -4.94. The van der Waals surface area contributed by atoms with Crippen molar-refractivity contribution < 1.29 is 9.47 Å². The van der Waals surface area contributed by atoms with Crippen LogP contribution in [0.15, 0.2) is 59.1 Å². The van der Waals surface area contributed by atoms with Crippen LogP contribution in [0.2, 0.25) is 0 Å². The molecule has 0 fully saturated rings. The maximum absolute atomic E-state index is 10.2. The van der Waals surface area contributed by atoms with Crippen molar-refractivity contribution in [2.24, 2.45) is 17.2 Å². The Kier molecular flexibility index (Phi) is 7.93. The molecule has 0 amide bonds. The van der Waals surface area contributed by atoms with E-state index >= 15 is 0 Å². The van der Waals surface area contributed by atoms with Crippen molar-refractivity contribution in [3.05, 3.63) is 53.8 Å². The number of fused-ring (bicyclic) bond motifs is 1. The van der Waals surface area contributed by atoms with Gasteiger partial charge in [0, 0.05) is 43.6 Å². The van der Waals surface area contributed by atoms with Crippen LogP contribution in [-0.4, -0.2) is 70.8 Å². The van der Waals surface area contributed by atoms with Gasteiger partial charge in [-0.05, 0) is 12.1 Å². The van der Waals surface area contributed by atoms with E-state index in [1.54, 1.807) is 48.3 Å². The fourth-order valence-electron chi connectivity index (χ4n) is 3.47. The van der Waals surface area contributed by atoms with Gasteiger partial charge in [-0.15, -0.1) is 0 Å². The Bertz CT molecular complexity index is 1410. The number of ether oxygens (including phenoxy) is 2. The molecule has 0 aliphatic rings. The van der Waals surface area contributed by atoms with Gasteiger partial charge in [-0.2, -0.15) is 10.0 Å². The third-order valence-corrected chi connectivity index (χ3v) is 5.28. The molecule has 13 heteroatoms. The van der Waals surface area contributed by atoms with E-state index in [1.807, 2.05) is 31.4 Å². The van der Waals surface area contributed by atoms with Crippen molar-refractivity contribution in [3.63, 3.8) is 0 Å². The molecule has 190 valence electrons. The number of nitroso groups, excluding NO2 is 1. The zero-order valence-corrected chi connectivity index (χ0v) is 20.6. The molecule has 0 atom stereocenters. The number of amidine groups is 1. The molecule has 4 rings (SSSR count). The summed E-state index contributed by atoms with van der Waals surface area (Å²) in [5, 5.41) is 18.2. The van der Waals surface area contributed by atoms with Gasteiger partial charge in [0.05, 0.1) is 57.4 Å².